The van der Waals surface area contributed by atoms with Crippen molar-refractivity contribution >= 4 is 23.8 Å². The summed E-state index contributed by atoms with van der Waals surface area (Å²) in [7, 11) is 0. The van der Waals surface area contributed by atoms with Gasteiger partial charge in [0.25, 0.3) is 11.8 Å². The molecular formula is C10H12F4N2O6. The van der Waals surface area contributed by atoms with Gasteiger partial charge in [0, 0.05) is 0 Å². The van der Waals surface area contributed by atoms with Crippen LogP contribution in [0.3, 0.4) is 0 Å². The zero-order chi connectivity index (χ0) is 17.9. The molecule has 0 fully saturated rings. The van der Waals surface area contributed by atoms with Crippen molar-refractivity contribution in [1.29, 1.82) is 0 Å². The third-order valence-corrected chi connectivity index (χ3v) is 2.40. The van der Waals surface area contributed by atoms with Gasteiger partial charge in [0.1, 0.15) is 12.1 Å². The average molecular weight is 332 g/mol. The number of rotatable bonds is 7. The fourth-order valence-electron chi connectivity index (χ4n) is 0.983. The fourth-order valence-corrected chi connectivity index (χ4v) is 0.983. The highest BCUT2D eigenvalue weighted by atomic mass is 19.3. The Morgan fingerprint density at radius 1 is 0.773 bits per heavy atom. The summed E-state index contributed by atoms with van der Waals surface area (Å²) in [6, 6.07) is -3.81. The highest BCUT2D eigenvalue weighted by molar-refractivity contribution is 5.97. The van der Waals surface area contributed by atoms with Crippen LogP contribution in [0.25, 0.3) is 0 Å². The van der Waals surface area contributed by atoms with Gasteiger partial charge in [-0.15, -0.1) is 0 Å². The number of carboxylic acids is 2. The summed E-state index contributed by atoms with van der Waals surface area (Å²) in [6.07, 6.45) is 0. The van der Waals surface area contributed by atoms with Crippen LogP contribution in [0.5, 0.6) is 0 Å². The lowest BCUT2D eigenvalue weighted by molar-refractivity contribution is -0.212. The van der Waals surface area contributed by atoms with Gasteiger partial charge in [-0.25, -0.2) is 0 Å². The molecule has 2 amide bonds. The maximum Gasteiger partial charge on any atom is 0.395 e. The van der Waals surface area contributed by atoms with E-state index in [1.54, 1.807) is 0 Å². The van der Waals surface area contributed by atoms with E-state index in [-0.39, 0.29) is 0 Å². The van der Waals surface area contributed by atoms with Crippen molar-refractivity contribution in [2.45, 2.75) is 37.8 Å². The van der Waals surface area contributed by atoms with Crippen molar-refractivity contribution in [3.05, 3.63) is 0 Å². The van der Waals surface area contributed by atoms with E-state index in [9.17, 15) is 36.7 Å². The van der Waals surface area contributed by atoms with E-state index < -0.39 is 47.7 Å². The lowest BCUT2D eigenvalue weighted by Gasteiger charge is -2.26. The first-order valence-electron chi connectivity index (χ1n) is 5.58. The van der Waals surface area contributed by atoms with Crippen molar-refractivity contribution in [3.63, 3.8) is 0 Å². The fraction of sp³-hybridized carbons (Fsp3) is 0.600. The predicted molar refractivity (Wildman–Crippen MR) is 60.4 cm³/mol. The van der Waals surface area contributed by atoms with E-state index >= 15 is 0 Å². The first-order valence-corrected chi connectivity index (χ1v) is 5.58. The second-order valence-electron chi connectivity index (χ2n) is 4.22. The molecule has 0 bridgehead atoms. The minimum absolute atomic E-state index is 0.737. The van der Waals surface area contributed by atoms with E-state index in [1.165, 1.54) is 0 Å². The molecule has 4 N–H and O–H groups in total. The van der Waals surface area contributed by atoms with Crippen LogP contribution in [-0.2, 0) is 19.2 Å². The third-order valence-electron chi connectivity index (χ3n) is 2.40. The number of amides is 2. The number of hydrogen-bond acceptors (Lipinski definition) is 4. The number of carbonyl (C=O) groups excluding carboxylic acids is 2. The maximum absolute atomic E-state index is 13.4. The molecule has 0 saturated carbocycles. The van der Waals surface area contributed by atoms with Gasteiger partial charge >= 0.3 is 23.8 Å². The van der Waals surface area contributed by atoms with Gasteiger partial charge in [-0.1, -0.05) is 0 Å². The smallest absolute Gasteiger partial charge is 0.395 e. The van der Waals surface area contributed by atoms with E-state index in [2.05, 4.69) is 0 Å². The van der Waals surface area contributed by atoms with E-state index in [0.717, 1.165) is 24.5 Å². The lowest BCUT2D eigenvalue weighted by atomic mass is 10.1. The Labute approximate surface area is 120 Å². The summed E-state index contributed by atoms with van der Waals surface area (Å²) in [6.45, 7) is 1.47. The molecule has 0 radical (unpaired) electrons. The molecule has 2 atom stereocenters. The van der Waals surface area contributed by atoms with Crippen LogP contribution in [0.2, 0.25) is 0 Å². The Bertz CT molecular complexity index is 452. The average Bonchev–Trinajstić information content (AvgIpc) is 2.37. The minimum atomic E-state index is -5.58. The summed E-state index contributed by atoms with van der Waals surface area (Å²) in [5.74, 6) is -20.1. The molecule has 0 rings (SSSR count). The standard InChI is InChI=1S/C10H12F4N2O6/c1-3(5(17)18)15-7(21)9(11,12)10(13,14)8(22)16-4(2)6(19)20/h3-4H,1-2H3,(H,15,21)(H,16,22)(H,17,18)(H,19,20). The van der Waals surface area contributed by atoms with E-state index in [4.69, 9.17) is 10.2 Å². The number of aliphatic carboxylic acids is 2. The van der Waals surface area contributed by atoms with Crippen LogP contribution < -0.4 is 10.6 Å². The van der Waals surface area contributed by atoms with Gasteiger partial charge in [-0.3, -0.25) is 19.2 Å². The number of carbonyl (C=O) groups is 4. The summed E-state index contributed by atoms with van der Waals surface area (Å²) in [5, 5.41) is 19.0. The highest BCUT2D eigenvalue weighted by Gasteiger charge is 2.67. The largest absolute Gasteiger partial charge is 0.480 e. The van der Waals surface area contributed by atoms with Crippen LogP contribution in [0.15, 0.2) is 0 Å². The molecule has 0 aromatic rings. The van der Waals surface area contributed by atoms with Crippen molar-refractivity contribution in [2.24, 2.45) is 0 Å². The maximum atomic E-state index is 13.4. The van der Waals surface area contributed by atoms with Gasteiger partial charge in [0.05, 0.1) is 0 Å². The number of hydrogen-bond donors (Lipinski definition) is 4. The zero-order valence-corrected chi connectivity index (χ0v) is 11.2. The summed E-state index contributed by atoms with van der Waals surface area (Å²) < 4.78 is 53.4. The summed E-state index contributed by atoms with van der Waals surface area (Å²) >= 11 is 0. The van der Waals surface area contributed by atoms with Crippen molar-refractivity contribution in [2.75, 3.05) is 0 Å². The Morgan fingerprint density at radius 3 is 1.18 bits per heavy atom. The molecule has 126 valence electrons. The third kappa shape index (κ3) is 4.05. The van der Waals surface area contributed by atoms with Crippen LogP contribution >= 0.6 is 0 Å². The molecule has 2 unspecified atom stereocenters. The number of alkyl halides is 4. The van der Waals surface area contributed by atoms with Crippen molar-refractivity contribution < 1.29 is 47.0 Å². The van der Waals surface area contributed by atoms with Crippen LogP contribution in [0, 0.1) is 0 Å². The lowest BCUT2D eigenvalue weighted by Crippen LogP contribution is -2.62. The Morgan fingerprint density at radius 2 is 1.00 bits per heavy atom. The normalized spacial score (nSPS) is 14.6. The van der Waals surface area contributed by atoms with Gasteiger partial charge in [0.2, 0.25) is 0 Å². The predicted octanol–water partition coefficient (Wildman–Crippen LogP) is -0.564. The molecule has 0 heterocycles. The minimum Gasteiger partial charge on any atom is -0.480 e. The molecule has 12 heteroatoms. The van der Waals surface area contributed by atoms with Crippen LogP contribution in [0.4, 0.5) is 17.6 Å². The molecular weight excluding hydrogens is 320 g/mol. The number of nitrogens with one attached hydrogen (secondary N) is 2. The van der Waals surface area contributed by atoms with Crippen LogP contribution in [0.1, 0.15) is 13.8 Å². The number of halogens is 4. The summed E-state index contributed by atoms with van der Waals surface area (Å²) in [5.41, 5.74) is 0. The Balaban J connectivity index is 5.21. The molecule has 0 aliphatic carbocycles. The van der Waals surface area contributed by atoms with Gasteiger partial charge in [0.15, 0.2) is 0 Å². The topological polar surface area (TPSA) is 133 Å². The second kappa shape index (κ2) is 6.58. The molecule has 0 saturated heterocycles. The first kappa shape index (κ1) is 19.6. The zero-order valence-electron chi connectivity index (χ0n) is 11.2. The monoisotopic (exact) mass is 332 g/mol. The van der Waals surface area contributed by atoms with Gasteiger partial charge in [-0.05, 0) is 13.8 Å². The first-order chi connectivity index (χ1) is 9.75. The van der Waals surface area contributed by atoms with Crippen molar-refractivity contribution in [1.82, 2.24) is 10.6 Å². The second-order valence-corrected chi connectivity index (χ2v) is 4.22. The van der Waals surface area contributed by atoms with E-state index in [0.29, 0.717) is 0 Å². The molecule has 22 heavy (non-hydrogen) atoms. The van der Waals surface area contributed by atoms with Gasteiger partial charge < -0.3 is 20.8 Å². The van der Waals surface area contributed by atoms with Crippen LogP contribution in [-0.4, -0.2) is 57.9 Å². The molecule has 0 aromatic heterocycles. The highest BCUT2D eigenvalue weighted by Crippen LogP contribution is 2.35. The Hall–Kier alpha value is -2.40. The SMILES string of the molecule is CC(NC(=O)C(F)(F)C(F)(F)C(=O)NC(C)C(=O)O)C(=O)O. The van der Waals surface area contributed by atoms with Gasteiger partial charge in [-0.2, -0.15) is 17.6 Å². The Kier molecular flexibility index (Phi) is 5.86. The molecule has 0 aromatic carbocycles. The molecule has 0 aliphatic rings. The van der Waals surface area contributed by atoms with Crippen molar-refractivity contribution in [3.8, 4) is 0 Å². The molecule has 0 aliphatic heterocycles. The molecule has 8 nitrogen and oxygen atoms in total. The summed E-state index contributed by atoms with van der Waals surface area (Å²) in [4.78, 5) is 42.8. The van der Waals surface area contributed by atoms with E-state index in [1.807, 2.05) is 0 Å². The quantitative estimate of drug-likeness (QED) is 0.462. The number of carboxylic acid groups (broad SMARTS) is 2. The molecule has 0 spiro atoms.